The minimum Gasteiger partial charge on any atom is -0.486 e. The number of carbonyl (C=O) groups is 1. The van der Waals surface area contributed by atoms with E-state index in [0.717, 1.165) is 15.9 Å². The summed E-state index contributed by atoms with van der Waals surface area (Å²) in [5.41, 5.74) is 0.758. The lowest BCUT2D eigenvalue weighted by molar-refractivity contribution is -0.113. The summed E-state index contributed by atoms with van der Waals surface area (Å²) in [5, 5.41) is 11.8. The van der Waals surface area contributed by atoms with Crippen LogP contribution in [0.25, 0.3) is 0 Å². The predicted molar refractivity (Wildman–Crippen MR) is 105 cm³/mol. The number of aromatic nitrogens is 3. The quantitative estimate of drug-likeness (QED) is 0.573. The highest BCUT2D eigenvalue weighted by molar-refractivity contribution is 9.10. The number of carbonyl (C=O) groups excluding carboxylic acids is 1. The van der Waals surface area contributed by atoms with Crippen molar-refractivity contribution >= 4 is 39.3 Å². The first-order chi connectivity index (χ1) is 12.6. The lowest BCUT2D eigenvalue weighted by Crippen LogP contribution is -2.14. The van der Waals surface area contributed by atoms with Crippen molar-refractivity contribution in [2.45, 2.75) is 11.8 Å². The van der Waals surface area contributed by atoms with Gasteiger partial charge in [-0.15, -0.1) is 10.2 Å². The van der Waals surface area contributed by atoms with Gasteiger partial charge in [-0.1, -0.05) is 45.9 Å². The fourth-order valence-electron chi connectivity index (χ4n) is 2.12. The number of hydrogen-bond donors (Lipinski definition) is 1. The number of thioether (sulfide) groups is 1. The Labute approximate surface area is 164 Å². The van der Waals surface area contributed by atoms with Gasteiger partial charge in [-0.3, -0.25) is 4.79 Å². The molecule has 0 unspecified atom stereocenters. The first-order valence-electron chi connectivity index (χ1n) is 7.86. The molecule has 3 aromatic rings. The van der Waals surface area contributed by atoms with Gasteiger partial charge in [-0.05, 0) is 36.4 Å². The number of halogens is 1. The van der Waals surface area contributed by atoms with Crippen molar-refractivity contribution < 1.29 is 9.53 Å². The van der Waals surface area contributed by atoms with Crippen molar-refractivity contribution in [1.82, 2.24) is 14.8 Å². The Morgan fingerprint density at radius 2 is 1.88 bits per heavy atom. The van der Waals surface area contributed by atoms with E-state index in [9.17, 15) is 4.79 Å². The van der Waals surface area contributed by atoms with Gasteiger partial charge in [0.2, 0.25) is 5.91 Å². The van der Waals surface area contributed by atoms with Crippen molar-refractivity contribution in [2.24, 2.45) is 7.05 Å². The smallest absolute Gasteiger partial charge is 0.234 e. The summed E-state index contributed by atoms with van der Waals surface area (Å²) in [6, 6.07) is 17.0. The van der Waals surface area contributed by atoms with E-state index in [0.29, 0.717) is 17.6 Å². The molecule has 26 heavy (non-hydrogen) atoms. The minimum atomic E-state index is -0.0950. The molecule has 0 aliphatic heterocycles. The van der Waals surface area contributed by atoms with Gasteiger partial charge >= 0.3 is 0 Å². The second-order valence-corrected chi connectivity index (χ2v) is 7.26. The molecule has 8 heteroatoms. The first kappa shape index (κ1) is 18.5. The van der Waals surface area contributed by atoms with Crippen LogP contribution in [-0.2, 0) is 18.4 Å². The zero-order valence-electron chi connectivity index (χ0n) is 14.1. The third-order valence-corrected chi connectivity index (χ3v) is 5.05. The summed E-state index contributed by atoms with van der Waals surface area (Å²) in [4.78, 5) is 12.1. The van der Waals surface area contributed by atoms with Crippen LogP contribution >= 0.6 is 27.7 Å². The molecule has 1 amide bonds. The van der Waals surface area contributed by atoms with Crippen molar-refractivity contribution in [2.75, 3.05) is 11.1 Å². The standard InChI is InChI=1S/C18H17BrN4O2S/c1-23-16(11-25-15-5-3-2-4-6-15)21-22-18(23)26-12-17(24)20-14-9-7-13(19)8-10-14/h2-10H,11-12H2,1H3,(H,20,24). The molecule has 0 bridgehead atoms. The zero-order valence-corrected chi connectivity index (χ0v) is 16.5. The molecular weight excluding hydrogens is 416 g/mol. The number of nitrogens with one attached hydrogen (secondary N) is 1. The van der Waals surface area contributed by atoms with E-state index in [1.165, 1.54) is 11.8 Å². The molecule has 3 rings (SSSR count). The number of amides is 1. The largest absolute Gasteiger partial charge is 0.486 e. The molecule has 6 nitrogen and oxygen atoms in total. The molecule has 1 N–H and O–H groups in total. The van der Waals surface area contributed by atoms with E-state index in [4.69, 9.17) is 4.74 Å². The van der Waals surface area contributed by atoms with Crippen LogP contribution in [0.1, 0.15) is 5.82 Å². The Balaban J connectivity index is 1.51. The summed E-state index contributed by atoms with van der Waals surface area (Å²) in [6.45, 7) is 0.319. The Hall–Kier alpha value is -2.32. The summed E-state index contributed by atoms with van der Waals surface area (Å²) in [7, 11) is 1.86. The van der Waals surface area contributed by atoms with E-state index >= 15 is 0 Å². The van der Waals surface area contributed by atoms with E-state index < -0.39 is 0 Å². The highest BCUT2D eigenvalue weighted by atomic mass is 79.9. The molecule has 0 aliphatic rings. The topological polar surface area (TPSA) is 69.0 Å². The molecule has 0 atom stereocenters. The van der Waals surface area contributed by atoms with Crippen LogP contribution in [-0.4, -0.2) is 26.4 Å². The molecule has 0 radical (unpaired) electrons. The first-order valence-corrected chi connectivity index (χ1v) is 9.64. The van der Waals surface area contributed by atoms with E-state index in [1.54, 1.807) is 0 Å². The maximum atomic E-state index is 12.1. The van der Waals surface area contributed by atoms with E-state index in [1.807, 2.05) is 66.2 Å². The average molecular weight is 433 g/mol. The van der Waals surface area contributed by atoms with Crippen molar-refractivity contribution in [3.05, 3.63) is 64.9 Å². The maximum absolute atomic E-state index is 12.1. The van der Waals surface area contributed by atoms with E-state index in [-0.39, 0.29) is 11.7 Å². The van der Waals surface area contributed by atoms with Crippen LogP contribution in [0.3, 0.4) is 0 Å². The summed E-state index contributed by atoms with van der Waals surface area (Å²) < 4.78 is 8.49. The highest BCUT2D eigenvalue weighted by Crippen LogP contribution is 2.18. The number of rotatable bonds is 7. The third kappa shape index (κ3) is 5.09. The lowest BCUT2D eigenvalue weighted by atomic mass is 10.3. The number of anilines is 1. The molecule has 134 valence electrons. The molecule has 0 saturated carbocycles. The maximum Gasteiger partial charge on any atom is 0.234 e. The molecule has 1 heterocycles. The summed E-state index contributed by atoms with van der Waals surface area (Å²) in [6.07, 6.45) is 0. The van der Waals surface area contributed by atoms with Crippen LogP contribution in [0.4, 0.5) is 5.69 Å². The van der Waals surface area contributed by atoms with Gasteiger partial charge < -0.3 is 14.6 Å². The molecular formula is C18H17BrN4O2S. The molecule has 1 aromatic heterocycles. The Morgan fingerprint density at radius 3 is 2.62 bits per heavy atom. The predicted octanol–water partition coefficient (Wildman–Crippen LogP) is 3.89. The number of para-hydroxylation sites is 1. The van der Waals surface area contributed by atoms with Crippen molar-refractivity contribution in [3.63, 3.8) is 0 Å². The fraction of sp³-hybridized carbons (Fsp3) is 0.167. The molecule has 2 aromatic carbocycles. The number of hydrogen-bond acceptors (Lipinski definition) is 5. The van der Waals surface area contributed by atoms with E-state index in [2.05, 4.69) is 31.4 Å². The SMILES string of the molecule is Cn1c(COc2ccccc2)nnc1SCC(=O)Nc1ccc(Br)cc1. The van der Waals surface area contributed by atoms with Gasteiger partial charge in [0.15, 0.2) is 11.0 Å². The third-order valence-electron chi connectivity index (χ3n) is 3.50. The molecule has 0 fully saturated rings. The van der Waals surface area contributed by atoms with Crippen LogP contribution in [0, 0.1) is 0 Å². The number of ether oxygens (including phenoxy) is 1. The molecule has 0 aliphatic carbocycles. The average Bonchev–Trinajstić information content (AvgIpc) is 3.01. The van der Waals surface area contributed by atoms with Crippen LogP contribution < -0.4 is 10.1 Å². The number of benzene rings is 2. The Morgan fingerprint density at radius 1 is 1.15 bits per heavy atom. The molecule has 0 saturated heterocycles. The van der Waals surface area contributed by atoms with Gasteiger partial charge in [0.1, 0.15) is 12.4 Å². The van der Waals surface area contributed by atoms with Gasteiger partial charge in [-0.2, -0.15) is 0 Å². The fourth-order valence-corrected chi connectivity index (χ4v) is 3.12. The van der Waals surface area contributed by atoms with Crippen LogP contribution in [0.2, 0.25) is 0 Å². The Kier molecular flexibility index (Phi) is 6.30. The normalized spacial score (nSPS) is 10.5. The van der Waals surface area contributed by atoms with Gasteiger partial charge in [-0.25, -0.2) is 0 Å². The monoisotopic (exact) mass is 432 g/mol. The summed E-state index contributed by atoms with van der Waals surface area (Å²) >= 11 is 4.70. The van der Waals surface area contributed by atoms with Crippen molar-refractivity contribution in [3.8, 4) is 5.75 Å². The van der Waals surface area contributed by atoms with Crippen molar-refractivity contribution in [1.29, 1.82) is 0 Å². The van der Waals surface area contributed by atoms with Gasteiger partial charge in [0.05, 0.1) is 5.75 Å². The van der Waals surface area contributed by atoms with Gasteiger partial charge in [0, 0.05) is 17.2 Å². The second-order valence-electron chi connectivity index (χ2n) is 5.40. The minimum absolute atomic E-state index is 0.0950. The second kappa shape index (κ2) is 8.86. The molecule has 0 spiro atoms. The van der Waals surface area contributed by atoms with Gasteiger partial charge in [0.25, 0.3) is 0 Å². The Bertz CT molecular complexity index is 869. The van der Waals surface area contributed by atoms with Crippen LogP contribution in [0.5, 0.6) is 5.75 Å². The van der Waals surface area contributed by atoms with Crippen LogP contribution in [0.15, 0.2) is 64.2 Å². The zero-order chi connectivity index (χ0) is 18.4. The summed E-state index contributed by atoms with van der Waals surface area (Å²) in [5.74, 6) is 1.63. The highest BCUT2D eigenvalue weighted by Gasteiger charge is 2.12. The lowest BCUT2D eigenvalue weighted by Gasteiger charge is -2.07. The number of nitrogens with zero attached hydrogens (tertiary/aromatic N) is 3.